The number of ketones is 1. The number of carbonyl (C=O) groups excluding carboxylic acids is 1. The molecular weight excluding hydrogens is 422 g/mol. The van der Waals surface area contributed by atoms with Crippen molar-refractivity contribution in [3.8, 4) is 0 Å². The molecule has 1 aromatic rings. The van der Waals surface area contributed by atoms with Gasteiger partial charge >= 0.3 is 0 Å². The third-order valence-corrected chi connectivity index (χ3v) is 9.53. The molecule has 1 heterocycles. The van der Waals surface area contributed by atoms with Crippen LogP contribution in [0.15, 0.2) is 12.1 Å². The molecule has 2 atom stereocenters. The highest BCUT2D eigenvalue weighted by molar-refractivity contribution is 7.91. The Labute approximate surface area is 194 Å². The number of carbonyl (C=O) groups is 1. The van der Waals surface area contributed by atoms with Crippen molar-refractivity contribution in [2.24, 2.45) is 11.8 Å². The van der Waals surface area contributed by atoms with Crippen LogP contribution >= 0.6 is 0 Å². The Balaban J connectivity index is 1.60. The van der Waals surface area contributed by atoms with E-state index in [0.717, 1.165) is 44.3 Å². The van der Waals surface area contributed by atoms with E-state index in [1.54, 1.807) is 13.8 Å². The van der Waals surface area contributed by atoms with E-state index < -0.39 is 9.84 Å². The van der Waals surface area contributed by atoms with Crippen molar-refractivity contribution in [2.75, 3.05) is 23.7 Å². The van der Waals surface area contributed by atoms with E-state index in [9.17, 15) is 13.2 Å². The summed E-state index contributed by atoms with van der Waals surface area (Å²) in [7, 11) is -3.01. The molecule has 1 aliphatic heterocycles. The fraction of sp³-hybridized carbons (Fsp3) is 0.731. The van der Waals surface area contributed by atoms with Gasteiger partial charge in [-0.1, -0.05) is 12.1 Å². The first kappa shape index (κ1) is 25.2. The van der Waals surface area contributed by atoms with Crippen molar-refractivity contribution in [3.63, 3.8) is 0 Å². The Morgan fingerprint density at radius 3 is 2.06 bits per heavy atom. The van der Waals surface area contributed by atoms with Crippen LogP contribution in [0, 0.1) is 25.7 Å². The summed E-state index contributed by atoms with van der Waals surface area (Å²) in [4.78, 5) is 15.4. The minimum Gasteiger partial charge on any atom is -0.372 e. The van der Waals surface area contributed by atoms with Crippen LogP contribution in [-0.4, -0.2) is 50.5 Å². The number of Topliss-reactive ketones (excluding diaryl/α,β-unsaturated/α-hetero) is 1. The lowest BCUT2D eigenvalue weighted by molar-refractivity contribution is -0.123. The lowest BCUT2D eigenvalue weighted by Gasteiger charge is -2.38. The zero-order chi connectivity index (χ0) is 23.6. The Kier molecular flexibility index (Phi) is 8.08. The van der Waals surface area contributed by atoms with Crippen LogP contribution in [0.25, 0.3) is 0 Å². The molecule has 5 nitrogen and oxygen atoms in total. The molecular formula is C26H41NO4S. The molecule has 2 fully saturated rings. The summed E-state index contributed by atoms with van der Waals surface area (Å²) in [5.74, 6) is 0.836. The van der Waals surface area contributed by atoms with Crippen LogP contribution in [0.3, 0.4) is 0 Å². The Morgan fingerprint density at radius 1 is 1.03 bits per heavy atom. The van der Waals surface area contributed by atoms with Crippen molar-refractivity contribution >= 4 is 21.3 Å². The first-order valence-corrected chi connectivity index (χ1v) is 13.9. The van der Waals surface area contributed by atoms with Gasteiger partial charge in [-0.15, -0.1) is 0 Å². The largest absolute Gasteiger partial charge is 0.372 e. The van der Waals surface area contributed by atoms with E-state index in [-0.39, 0.29) is 35.0 Å². The van der Waals surface area contributed by atoms with E-state index in [2.05, 4.69) is 44.7 Å². The molecule has 0 aromatic heterocycles. The smallest absolute Gasteiger partial charge is 0.152 e. The molecule has 180 valence electrons. The van der Waals surface area contributed by atoms with Crippen LogP contribution in [-0.2, 0) is 25.8 Å². The summed E-state index contributed by atoms with van der Waals surface area (Å²) in [5.41, 5.74) is 4.80. The maximum absolute atomic E-state index is 13.0. The molecule has 1 saturated heterocycles. The predicted molar refractivity (Wildman–Crippen MR) is 131 cm³/mol. The Hall–Kier alpha value is -1.40. The highest BCUT2D eigenvalue weighted by Crippen LogP contribution is 2.33. The normalized spacial score (nSPS) is 27.0. The fourth-order valence-electron chi connectivity index (χ4n) is 5.52. The number of rotatable bonds is 7. The van der Waals surface area contributed by atoms with Gasteiger partial charge in [0.2, 0.25) is 0 Å². The molecule has 0 N–H and O–H groups in total. The van der Waals surface area contributed by atoms with Gasteiger partial charge in [0, 0.05) is 31.1 Å². The Morgan fingerprint density at radius 2 is 1.56 bits per heavy atom. The van der Waals surface area contributed by atoms with E-state index in [1.165, 1.54) is 16.8 Å². The standard InChI is InChI=1S/C26H41NO4S/c1-17(2)32(29,30)16-22-7-9-24(10-8-22)25(28)13-23-11-18(3)26(19(4)12-23)27-14-20(5)31-21(6)15-27/h11-12,17,20-22,24H,7-10,13-16H2,1-6H3/t20-,21+,22?,24?. The SMILES string of the molecule is Cc1cc(CC(=O)C2CCC(CS(=O)(=O)C(C)C)CC2)cc(C)c1N1C[C@@H](C)O[C@@H](C)C1. The number of nitrogens with zero attached hydrogens (tertiary/aromatic N) is 1. The van der Waals surface area contributed by atoms with Crippen molar-refractivity contribution in [2.45, 2.75) is 91.1 Å². The number of morpholine rings is 1. The van der Waals surface area contributed by atoms with E-state index in [0.29, 0.717) is 12.2 Å². The van der Waals surface area contributed by atoms with Crippen LogP contribution in [0.2, 0.25) is 0 Å². The van der Waals surface area contributed by atoms with Gasteiger partial charge in [-0.05, 0) is 89.8 Å². The number of ether oxygens (including phenoxy) is 1. The molecule has 0 bridgehead atoms. The molecule has 1 aromatic carbocycles. The number of anilines is 1. The van der Waals surface area contributed by atoms with Crippen LogP contribution < -0.4 is 4.90 Å². The quantitative estimate of drug-likeness (QED) is 0.589. The fourth-order valence-corrected chi connectivity index (χ4v) is 6.90. The third kappa shape index (κ3) is 6.13. The lowest BCUT2D eigenvalue weighted by atomic mass is 9.79. The number of benzene rings is 1. The van der Waals surface area contributed by atoms with Gasteiger partial charge in [0.05, 0.1) is 23.2 Å². The average molecular weight is 464 g/mol. The van der Waals surface area contributed by atoms with E-state index in [4.69, 9.17) is 4.74 Å². The highest BCUT2D eigenvalue weighted by atomic mass is 32.2. The van der Waals surface area contributed by atoms with Gasteiger partial charge in [-0.3, -0.25) is 4.79 Å². The number of aryl methyl sites for hydroxylation is 2. The first-order valence-electron chi connectivity index (χ1n) is 12.2. The minimum atomic E-state index is -3.01. The van der Waals surface area contributed by atoms with Crippen molar-refractivity contribution in [3.05, 3.63) is 28.8 Å². The van der Waals surface area contributed by atoms with Crippen molar-refractivity contribution < 1.29 is 17.9 Å². The average Bonchev–Trinajstić information content (AvgIpc) is 2.66. The molecule has 1 aliphatic carbocycles. The summed E-state index contributed by atoms with van der Waals surface area (Å²) in [6, 6.07) is 4.34. The molecule has 1 saturated carbocycles. The lowest BCUT2D eigenvalue weighted by Crippen LogP contribution is -2.46. The second-order valence-electron chi connectivity index (χ2n) is 10.5. The number of sulfone groups is 1. The monoisotopic (exact) mass is 463 g/mol. The summed E-state index contributed by atoms with van der Waals surface area (Å²) in [5, 5.41) is -0.319. The highest BCUT2D eigenvalue weighted by Gasteiger charge is 2.30. The van der Waals surface area contributed by atoms with E-state index in [1.807, 2.05) is 0 Å². The van der Waals surface area contributed by atoms with Crippen LogP contribution in [0.4, 0.5) is 5.69 Å². The van der Waals surface area contributed by atoms with E-state index >= 15 is 0 Å². The summed E-state index contributed by atoms with van der Waals surface area (Å²) < 4.78 is 30.3. The van der Waals surface area contributed by atoms with Crippen LogP contribution in [0.5, 0.6) is 0 Å². The van der Waals surface area contributed by atoms with Gasteiger partial charge in [-0.2, -0.15) is 0 Å². The van der Waals surface area contributed by atoms with Gasteiger partial charge in [0.25, 0.3) is 0 Å². The zero-order valence-corrected chi connectivity index (χ0v) is 21.5. The maximum atomic E-state index is 13.0. The molecule has 0 unspecified atom stereocenters. The Bertz CT molecular complexity index is 883. The second kappa shape index (κ2) is 10.3. The predicted octanol–water partition coefficient (Wildman–Crippen LogP) is 4.66. The molecule has 0 spiro atoms. The number of hydrogen-bond acceptors (Lipinski definition) is 5. The second-order valence-corrected chi connectivity index (χ2v) is 13.1. The summed E-state index contributed by atoms with van der Waals surface area (Å²) >= 11 is 0. The van der Waals surface area contributed by atoms with Gasteiger partial charge in [-0.25, -0.2) is 8.42 Å². The summed E-state index contributed by atoms with van der Waals surface area (Å²) in [6.45, 7) is 13.8. The zero-order valence-electron chi connectivity index (χ0n) is 20.7. The molecule has 6 heteroatoms. The first-order chi connectivity index (χ1) is 15.0. The molecule has 0 radical (unpaired) electrons. The maximum Gasteiger partial charge on any atom is 0.152 e. The van der Waals surface area contributed by atoms with Gasteiger partial charge in [0.15, 0.2) is 9.84 Å². The molecule has 32 heavy (non-hydrogen) atoms. The van der Waals surface area contributed by atoms with Crippen molar-refractivity contribution in [1.82, 2.24) is 0 Å². The van der Waals surface area contributed by atoms with Crippen molar-refractivity contribution in [1.29, 1.82) is 0 Å². The topological polar surface area (TPSA) is 63.7 Å². The molecule has 3 rings (SSSR count). The summed E-state index contributed by atoms with van der Waals surface area (Å²) in [6.07, 6.45) is 4.21. The third-order valence-electron chi connectivity index (χ3n) is 7.15. The molecule has 0 amide bonds. The number of hydrogen-bond donors (Lipinski definition) is 0. The van der Waals surface area contributed by atoms with Gasteiger partial charge in [0.1, 0.15) is 5.78 Å². The van der Waals surface area contributed by atoms with Crippen LogP contribution in [0.1, 0.15) is 70.1 Å². The van der Waals surface area contributed by atoms with Gasteiger partial charge < -0.3 is 9.64 Å². The minimum absolute atomic E-state index is 0.0641. The molecule has 2 aliphatic rings.